The summed E-state index contributed by atoms with van der Waals surface area (Å²) < 4.78 is 5.10. The smallest absolute Gasteiger partial charge is 0.234 e. The number of rotatable bonds is 9. The van der Waals surface area contributed by atoms with Gasteiger partial charge in [-0.25, -0.2) is 0 Å². The predicted molar refractivity (Wildman–Crippen MR) is 79.8 cm³/mol. The van der Waals surface area contributed by atoms with Gasteiger partial charge in [0.2, 0.25) is 5.91 Å². The number of amidine groups is 1. The molecular weight excluding hydrogens is 258 g/mol. The molecule has 20 heavy (non-hydrogen) atoms. The van der Waals surface area contributed by atoms with Crippen LogP contribution in [0.5, 0.6) is 0 Å². The van der Waals surface area contributed by atoms with Crippen molar-refractivity contribution in [3.8, 4) is 0 Å². The number of oxime groups is 1. The summed E-state index contributed by atoms with van der Waals surface area (Å²) in [5, 5.41) is 15.1. The summed E-state index contributed by atoms with van der Waals surface area (Å²) in [7, 11) is 1.59. The van der Waals surface area contributed by atoms with E-state index in [1.165, 1.54) is 0 Å². The molecule has 0 saturated heterocycles. The molecule has 0 aliphatic heterocycles. The van der Waals surface area contributed by atoms with E-state index in [1.807, 2.05) is 27.7 Å². The topological polar surface area (TPSA) is 96.9 Å². The molecule has 0 aliphatic rings. The van der Waals surface area contributed by atoms with E-state index >= 15 is 0 Å². The third kappa shape index (κ3) is 4.67. The van der Waals surface area contributed by atoms with Crippen LogP contribution in [0.4, 0.5) is 0 Å². The van der Waals surface area contributed by atoms with Crippen LogP contribution in [0.2, 0.25) is 0 Å². The molecule has 0 radical (unpaired) electrons. The van der Waals surface area contributed by atoms with Crippen molar-refractivity contribution in [2.75, 3.05) is 13.7 Å². The normalized spacial score (nSPS) is 13.3. The minimum absolute atomic E-state index is 0.0214. The van der Waals surface area contributed by atoms with E-state index in [2.05, 4.69) is 10.5 Å². The third-order valence-electron chi connectivity index (χ3n) is 3.34. The molecular formula is C14H29N3O3. The van der Waals surface area contributed by atoms with Crippen molar-refractivity contribution in [3.05, 3.63) is 0 Å². The second-order valence-electron chi connectivity index (χ2n) is 5.84. The van der Waals surface area contributed by atoms with Crippen LogP contribution in [0, 0.1) is 5.41 Å². The van der Waals surface area contributed by atoms with E-state index in [-0.39, 0.29) is 11.7 Å². The summed E-state index contributed by atoms with van der Waals surface area (Å²) in [4.78, 5) is 12.7. The van der Waals surface area contributed by atoms with Gasteiger partial charge in [-0.3, -0.25) is 4.79 Å². The highest BCUT2D eigenvalue weighted by Gasteiger charge is 2.43. The average molecular weight is 287 g/mol. The molecule has 0 bridgehead atoms. The monoisotopic (exact) mass is 287 g/mol. The van der Waals surface area contributed by atoms with Crippen molar-refractivity contribution in [2.45, 2.75) is 58.9 Å². The first-order valence-electron chi connectivity index (χ1n) is 7.09. The van der Waals surface area contributed by atoms with Gasteiger partial charge in [0.15, 0.2) is 5.84 Å². The molecule has 0 aromatic carbocycles. The van der Waals surface area contributed by atoms with Crippen molar-refractivity contribution >= 4 is 11.7 Å². The zero-order valence-corrected chi connectivity index (χ0v) is 13.3. The maximum absolute atomic E-state index is 12.7. The molecule has 4 N–H and O–H groups in total. The van der Waals surface area contributed by atoms with Crippen LogP contribution >= 0.6 is 0 Å². The molecule has 6 heteroatoms. The molecule has 0 atom stereocenters. The van der Waals surface area contributed by atoms with Gasteiger partial charge in [-0.05, 0) is 26.7 Å². The first-order chi connectivity index (χ1) is 9.29. The Morgan fingerprint density at radius 2 is 1.80 bits per heavy atom. The number of amides is 1. The number of nitrogens with one attached hydrogen (secondary N) is 1. The zero-order valence-electron chi connectivity index (χ0n) is 13.3. The van der Waals surface area contributed by atoms with Gasteiger partial charge in [0.1, 0.15) is 5.41 Å². The maximum Gasteiger partial charge on any atom is 0.234 e. The number of carbonyl (C=O) groups is 1. The molecule has 1 amide bonds. The van der Waals surface area contributed by atoms with E-state index < -0.39 is 11.0 Å². The summed E-state index contributed by atoms with van der Waals surface area (Å²) in [5.41, 5.74) is 4.37. The Bertz CT molecular complexity index is 335. The lowest BCUT2D eigenvalue weighted by Gasteiger charge is -2.35. The van der Waals surface area contributed by atoms with E-state index in [1.54, 1.807) is 7.11 Å². The standard InChI is InChI=1S/C14H29N3O3/c1-6-8-14(9-7-2,11(15)17-19)12(18)16-13(3,4)10-20-5/h19H,6-10H2,1-5H3,(H2,15,17)(H,16,18). The molecule has 118 valence electrons. The molecule has 0 saturated carbocycles. The Labute approximate surface area is 121 Å². The van der Waals surface area contributed by atoms with Gasteiger partial charge in [0, 0.05) is 7.11 Å². The Hall–Kier alpha value is -1.30. The Balaban J connectivity index is 5.35. The fourth-order valence-electron chi connectivity index (χ4n) is 2.50. The average Bonchev–Trinajstić information content (AvgIpc) is 2.36. The number of methoxy groups -OCH3 is 1. The van der Waals surface area contributed by atoms with Crippen molar-refractivity contribution in [2.24, 2.45) is 16.3 Å². The van der Waals surface area contributed by atoms with Crippen LogP contribution in [0.15, 0.2) is 5.16 Å². The van der Waals surface area contributed by atoms with Gasteiger partial charge in [-0.1, -0.05) is 31.8 Å². The SMILES string of the molecule is CCCC(CCC)(C(=O)NC(C)(C)COC)C(N)=NO. The second-order valence-corrected chi connectivity index (χ2v) is 5.84. The molecule has 0 fully saturated rings. The van der Waals surface area contributed by atoms with E-state index in [0.717, 1.165) is 12.8 Å². The predicted octanol–water partition coefficient (Wildman–Crippen LogP) is 1.86. The van der Waals surface area contributed by atoms with Gasteiger partial charge in [0.25, 0.3) is 0 Å². The van der Waals surface area contributed by atoms with Gasteiger partial charge >= 0.3 is 0 Å². The minimum atomic E-state index is -0.955. The Morgan fingerprint density at radius 1 is 1.30 bits per heavy atom. The van der Waals surface area contributed by atoms with Crippen LogP contribution < -0.4 is 11.1 Å². The van der Waals surface area contributed by atoms with Crippen LogP contribution in [0.1, 0.15) is 53.4 Å². The molecule has 0 aliphatic carbocycles. The molecule has 0 unspecified atom stereocenters. The van der Waals surface area contributed by atoms with Crippen LogP contribution in [0.25, 0.3) is 0 Å². The number of carbonyl (C=O) groups excluding carboxylic acids is 1. The zero-order chi connectivity index (χ0) is 15.8. The summed E-state index contributed by atoms with van der Waals surface area (Å²) in [6, 6.07) is 0. The first kappa shape index (κ1) is 18.7. The van der Waals surface area contributed by atoms with Crippen LogP contribution in [-0.2, 0) is 9.53 Å². The van der Waals surface area contributed by atoms with Crippen LogP contribution in [0.3, 0.4) is 0 Å². The molecule has 0 spiro atoms. The summed E-state index contributed by atoms with van der Waals surface area (Å²) >= 11 is 0. The fourth-order valence-corrected chi connectivity index (χ4v) is 2.50. The number of hydrogen-bond acceptors (Lipinski definition) is 4. The summed E-state index contributed by atoms with van der Waals surface area (Å²) in [6.07, 6.45) is 2.64. The lowest BCUT2D eigenvalue weighted by Crippen LogP contribution is -2.56. The van der Waals surface area contributed by atoms with E-state index in [4.69, 9.17) is 15.7 Å². The van der Waals surface area contributed by atoms with Crippen LogP contribution in [-0.4, -0.2) is 36.2 Å². The highest BCUT2D eigenvalue weighted by atomic mass is 16.5. The second kappa shape index (κ2) is 8.09. The van der Waals surface area contributed by atoms with Crippen molar-refractivity contribution in [3.63, 3.8) is 0 Å². The van der Waals surface area contributed by atoms with Gasteiger partial charge in [-0.2, -0.15) is 0 Å². The molecule has 6 nitrogen and oxygen atoms in total. The molecule has 0 aromatic heterocycles. The molecule has 0 heterocycles. The fraction of sp³-hybridized carbons (Fsp3) is 0.857. The number of ether oxygens (including phenoxy) is 1. The van der Waals surface area contributed by atoms with Crippen molar-refractivity contribution in [1.82, 2.24) is 5.32 Å². The van der Waals surface area contributed by atoms with Gasteiger partial charge in [-0.15, -0.1) is 0 Å². The third-order valence-corrected chi connectivity index (χ3v) is 3.34. The number of nitrogens with two attached hydrogens (primary N) is 1. The van der Waals surface area contributed by atoms with E-state index in [0.29, 0.717) is 19.4 Å². The number of nitrogens with zero attached hydrogens (tertiary/aromatic N) is 1. The minimum Gasteiger partial charge on any atom is -0.409 e. The Kier molecular flexibility index (Phi) is 7.57. The molecule has 0 rings (SSSR count). The Morgan fingerprint density at radius 3 is 2.15 bits per heavy atom. The van der Waals surface area contributed by atoms with Crippen molar-refractivity contribution in [1.29, 1.82) is 0 Å². The van der Waals surface area contributed by atoms with Gasteiger partial charge in [0.05, 0.1) is 12.1 Å². The lowest BCUT2D eigenvalue weighted by molar-refractivity contribution is -0.130. The lowest BCUT2D eigenvalue weighted by atomic mass is 9.76. The van der Waals surface area contributed by atoms with E-state index in [9.17, 15) is 4.79 Å². The first-order valence-corrected chi connectivity index (χ1v) is 7.09. The molecule has 0 aromatic rings. The highest BCUT2D eigenvalue weighted by molar-refractivity contribution is 6.06. The van der Waals surface area contributed by atoms with Gasteiger partial charge < -0.3 is 21.0 Å². The summed E-state index contributed by atoms with van der Waals surface area (Å²) in [6.45, 7) is 8.10. The summed E-state index contributed by atoms with van der Waals surface area (Å²) in [5.74, 6) is -0.231. The quantitative estimate of drug-likeness (QED) is 0.261. The highest BCUT2D eigenvalue weighted by Crippen LogP contribution is 2.31. The maximum atomic E-state index is 12.7. The van der Waals surface area contributed by atoms with Crippen molar-refractivity contribution < 1.29 is 14.7 Å². The number of hydrogen-bond donors (Lipinski definition) is 3. The largest absolute Gasteiger partial charge is 0.409 e.